The Labute approximate surface area is 96.6 Å². The van der Waals surface area contributed by atoms with Crippen molar-refractivity contribution in [3.05, 3.63) is 34.1 Å². The third-order valence-corrected chi connectivity index (χ3v) is 3.53. The molecule has 1 aliphatic heterocycles. The molecule has 0 radical (unpaired) electrons. The monoisotopic (exact) mass is 273 g/mol. The molecule has 1 aromatic rings. The molecule has 2 N–H and O–H groups in total. The molecule has 1 atom stereocenters. The van der Waals surface area contributed by atoms with E-state index in [0.29, 0.717) is 24.9 Å². The molecule has 0 amide bonds. The third kappa shape index (κ3) is 2.38. The van der Waals surface area contributed by atoms with Crippen molar-refractivity contribution >= 4 is 15.9 Å². The molecule has 15 heavy (non-hydrogen) atoms. The molecule has 2 nitrogen and oxygen atoms in total. The van der Waals surface area contributed by atoms with Crippen molar-refractivity contribution in [2.24, 2.45) is 0 Å². The van der Waals surface area contributed by atoms with E-state index in [1.54, 1.807) is 12.1 Å². The Kier molecular flexibility index (Phi) is 3.09. The number of hydrogen-bond acceptors (Lipinski definition) is 2. The summed E-state index contributed by atoms with van der Waals surface area (Å²) in [5, 5.41) is 13.2. The summed E-state index contributed by atoms with van der Waals surface area (Å²) in [4.78, 5) is 0. The van der Waals surface area contributed by atoms with Crippen molar-refractivity contribution in [3.63, 3.8) is 0 Å². The van der Waals surface area contributed by atoms with Gasteiger partial charge >= 0.3 is 0 Å². The van der Waals surface area contributed by atoms with Gasteiger partial charge in [-0.2, -0.15) is 0 Å². The lowest BCUT2D eigenvalue weighted by atomic mass is 9.93. The smallest absolute Gasteiger partial charge is 0.127 e. The van der Waals surface area contributed by atoms with E-state index in [2.05, 4.69) is 21.2 Å². The van der Waals surface area contributed by atoms with E-state index in [-0.39, 0.29) is 5.82 Å². The van der Waals surface area contributed by atoms with Crippen molar-refractivity contribution < 1.29 is 9.50 Å². The quantitative estimate of drug-likeness (QED) is 0.862. The Morgan fingerprint density at radius 2 is 2.33 bits per heavy atom. The number of aliphatic hydroxyl groups is 1. The Morgan fingerprint density at radius 3 is 2.93 bits per heavy atom. The highest BCUT2D eigenvalue weighted by Gasteiger charge is 2.32. The van der Waals surface area contributed by atoms with Gasteiger partial charge in [-0.05, 0) is 25.1 Å². The van der Waals surface area contributed by atoms with Crippen LogP contribution in [0.25, 0.3) is 0 Å². The summed E-state index contributed by atoms with van der Waals surface area (Å²) in [5.74, 6) is -0.260. The van der Waals surface area contributed by atoms with E-state index in [4.69, 9.17) is 0 Å². The van der Waals surface area contributed by atoms with E-state index in [0.717, 1.165) is 11.0 Å². The summed E-state index contributed by atoms with van der Waals surface area (Å²) in [6.07, 6.45) is 1.03. The average Bonchev–Trinajstić information content (AvgIpc) is 2.60. The second-order valence-electron chi connectivity index (χ2n) is 4.03. The first-order valence-corrected chi connectivity index (χ1v) is 5.76. The SMILES string of the molecule is OC1(Cc2c(F)cccc2Br)CCNC1. The molecule has 0 saturated carbocycles. The van der Waals surface area contributed by atoms with Crippen LogP contribution < -0.4 is 5.32 Å². The molecule has 4 heteroatoms. The topological polar surface area (TPSA) is 32.3 Å². The number of β-amino-alcohol motifs (C(OH)–C–C–N with tert-alkyl or cyclic N) is 1. The molecule has 0 aromatic heterocycles. The first-order valence-electron chi connectivity index (χ1n) is 4.97. The molecule has 0 aliphatic carbocycles. The largest absolute Gasteiger partial charge is 0.388 e. The van der Waals surface area contributed by atoms with Gasteiger partial charge in [-0.1, -0.05) is 22.0 Å². The molecule has 1 unspecified atom stereocenters. The second-order valence-corrected chi connectivity index (χ2v) is 4.88. The van der Waals surface area contributed by atoms with Gasteiger partial charge in [0.25, 0.3) is 0 Å². The Balaban J connectivity index is 2.23. The average molecular weight is 274 g/mol. The molecular weight excluding hydrogens is 261 g/mol. The van der Waals surface area contributed by atoms with Crippen LogP contribution in [0.15, 0.2) is 22.7 Å². The summed E-state index contributed by atoms with van der Waals surface area (Å²) in [7, 11) is 0. The van der Waals surface area contributed by atoms with Crippen LogP contribution in [0.5, 0.6) is 0 Å². The maximum Gasteiger partial charge on any atom is 0.127 e. The molecule has 82 valence electrons. The Bertz CT molecular complexity index is 343. The van der Waals surface area contributed by atoms with E-state index < -0.39 is 5.60 Å². The molecule has 1 saturated heterocycles. The van der Waals surface area contributed by atoms with E-state index >= 15 is 0 Å². The van der Waals surface area contributed by atoms with Crippen molar-refractivity contribution in [2.45, 2.75) is 18.4 Å². The lowest BCUT2D eigenvalue weighted by Gasteiger charge is -2.22. The summed E-state index contributed by atoms with van der Waals surface area (Å²) >= 11 is 3.31. The molecular formula is C11H13BrFNO. The van der Waals surface area contributed by atoms with Crippen molar-refractivity contribution in [1.82, 2.24) is 5.32 Å². The molecule has 1 fully saturated rings. The first kappa shape index (κ1) is 11.0. The first-order chi connectivity index (χ1) is 7.11. The second kappa shape index (κ2) is 4.20. The van der Waals surface area contributed by atoms with Gasteiger partial charge in [-0.3, -0.25) is 0 Å². The minimum absolute atomic E-state index is 0.260. The highest BCUT2D eigenvalue weighted by atomic mass is 79.9. The van der Waals surface area contributed by atoms with E-state index in [9.17, 15) is 9.50 Å². The number of hydrogen-bond donors (Lipinski definition) is 2. The molecule has 1 aliphatic rings. The van der Waals surface area contributed by atoms with Crippen LogP contribution in [0, 0.1) is 5.82 Å². The molecule has 2 rings (SSSR count). The van der Waals surface area contributed by atoms with Gasteiger partial charge in [0.05, 0.1) is 5.60 Å². The predicted octanol–water partition coefficient (Wildman–Crippen LogP) is 1.86. The van der Waals surface area contributed by atoms with Crippen molar-refractivity contribution in [1.29, 1.82) is 0 Å². The van der Waals surface area contributed by atoms with Gasteiger partial charge in [-0.25, -0.2) is 4.39 Å². The Hall–Kier alpha value is -0.450. The lowest BCUT2D eigenvalue weighted by molar-refractivity contribution is 0.0608. The van der Waals surface area contributed by atoms with Crippen LogP contribution in [0.2, 0.25) is 0 Å². The van der Waals surface area contributed by atoms with Gasteiger partial charge in [0.2, 0.25) is 0 Å². The normalized spacial score (nSPS) is 25.8. The third-order valence-electron chi connectivity index (χ3n) is 2.79. The van der Waals surface area contributed by atoms with Crippen LogP contribution in [-0.2, 0) is 6.42 Å². The lowest BCUT2D eigenvalue weighted by Crippen LogP contribution is -2.34. The molecule has 0 bridgehead atoms. The van der Waals surface area contributed by atoms with Crippen LogP contribution in [0.1, 0.15) is 12.0 Å². The molecule has 0 spiro atoms. The minimum atomic E-state index is -0.801. The van der Waals surface area contributed by atoms with Crippen LogP contribution in [0.4, 0.5) is 4.39 Å². The molecule has 1 aromatic carbocycles. The molecule has 1 heterocycles. The van der Waals surface area contributed by atoms with Gasteiger partial charge in [0.15, 0.2) is 0 Å². The Morgan fingerprint density at radius 1 is 1.53 bits per heavy atom. The van der Waals surface area contributed by atoms with Crippen LogP contribution in [-0.4, -0.2) is 23.8 Å². The number of rotatable bonds is 2. The standard InChI is InChI=1S/C11H13BrFNO/c12-9-2-1-3-10(13)8(9)6-11(15)4-5-14-7-11/h1-3,14-15H,4-7H2. The highest BCUT2D eigenvalue weighted by molar-refractivity contribution is 9.10. The summed E-state index contributed by atoms with van der Waals surface area (Å²) < 4.78 is 14.2. The van der Waals surface area contributed by atoms with Crippen molar-refractivity contribution in [2.75, 3.05) is 13.1 Å². The summed E-state index contributed by atoms with van der Waals surface area (Å²) in [6, 6.07) is 4.87. The predicted molar refractivity (Wildman–Crippen MR) is 60.2 cm³/mol. The fraction of sp³-hybridized carbons (Fsp3) is 0.455. The number of halogens is 2. The zero-order chi connectivity index (χ0) is 10.9. The highest BCUT2D eigenvalue weighted by Crippen LogP contribution is 2.27. The van der Waals surface area contributed by atoms with Crippen LogP contribution in [0.3, 0.4) is 0 Å². The summed E-state index contributed by atoms with van der Waals surface area (Å²) in [6.45, 7) is 1.33. The fourth-order valence-electron chi connectivity index (χ4n) is 1.91. The van der Waals surface area contributed by atoms with Gasteiger partial charge < -0.3 is 10.4 Å². The maximum absolute atomic E-state index is 13.5. The van der Waals surface area contributed by atoms with E-state index in [1.807, 2.05) is 0 Å². The van der Waals surface area contributed by atoms with Gasteiger partial charge in [-0.15, -0.1) is 0 Å². The van der Waals surface area contributed by atoms with Gasteiger partial charge in [0, 0.05) is 23.0 Å². The summed E-state index contributed by atoms with van der Waals surface area (Å²) in [5.41, 5.74) is -0.242. The zero-order valence-corrected chi connectivity index (χ0v) is 9.85. The van der Waals surface area contributed by atoms with Crippen LogP contribution >= 0.6 is 15.9 Å². The maximum atomic E-state index is 13.5. The van der Waals surface area contributed by atoms with Crippen molar-refractivity contribution in [3.8, 4) is 0 Å². The van der Waals surface area contributed by atoms with Gasteiger partial charge in [0.1, 0.15) is 5.82 Å². The number of nitrogens with one attached hydrogen (secondary N) is 1. The number of benzene rings is 1. The minimum Gasteiger partial charge on any atom is -0.388 e. The fourth-order valence-corrected chi connectivity index (χ4v) is 2.39. The zero-order valence-electron chi connectivity index (χ0n) is 8.26. The van der Waals surface area contributed by atoms with E-state index in [1.165, 1.54) is 6.07 Å².